The maximum absolute atomic E-state index is 12.5. The highest BCUT2D eigenvalue weighted by molar-refractivity contribution is 7.95. The van der Waals surface area contributed by atoms with Crippen LogP contribution in [0, 0.1) is 6.92 Å². The molecule has 6 nitrogen and oxygen atoms in total. The van der Waals surface area contributed by atoms with E-state index in [2.05, 4.69) is 9.44 Å². The topological polar surface area (TPSA) is 92.3 Å². The number of para-hydroxylation sites is 1. The van der Waals surface area contributed by atoms with Crippen molar-refractivity contribution in [2.75, 3.05) is 9.44 Å². The van der Waals surface area contributed by atoms with Crippen LogP contribution in [0.2, 0.25) is 0 Å². The van der Waals surface area contributed by atoms with Crippen LogP contribution in [0.1, 0.15) is 5.56 Å². The lowest BCUT2D eigenvalue weighted by Crippen LogP contribution is -2.17. The standard InChI is InChI=1S/C15H14N2O4S4/c1-11-5-2-6-12(16-24(18,19)13-7-3-9-22-13)15(11)17-25(20,21)14-8-4-10-23-14/h2-10,16-17H,1H3. The first-order chi connectivity index (χ1) is 11.8. The molecule has 132 valence electrons. The SMILES string of the molecule is Cc1cccc(NS(=O)(=O)c2cccs2)c1NS(=O)(=O)c1cccs1. The van der Waals surface area contributed by atoms with Crippen molar-refractivity contribution in [1.82, 2.24) is 0 Å². The highest BCUT2D eigenvalue weighted by Crippen LogP contribution is 2.31. The molecule has 3 rings (SSSR count). The van der Waals surface area contributed by atoms with E-state index in [0.717, 1.165) is 22.7 Å². The van der Waals surface area contributed by atoms with E-state index in [0.29, 0.717) is 5.56 Å². The van der Waals surface area contributed by atoms with E-state index < -0.39 is 20.0 Å². The monoisotopic (exact) mass is 414 g/mol. The Morgan fingerprint density at radius 2 is 1.32 bits per heavy atom. The third-order valence-electron chi connectivity index (χ3n) is 3.27. The molecule has 0 radical (unpaired) electrons. The summed E-state index contributed by atoms with van der Waals surface area (Å²) in [5.74, 6) is 0. The molecule has 0 fully saturated rings. The lowest BCUT2D eigenvalue weighted by Gasteiger charge is -2.15. The van der Waals surface area contributed by atoms with Crippen molar-refractivity contribution >= 4 is 54.1 Å². The second kappa shape index (κ2) is 6.79. The van der Waals surface area contributed by atoms with Gasteiger partial charge in [-0.15, -0.1) is 22.7 Å². The minimum Gasteiger partial charge on any atom is -0.277 e. The molecule has 2 aromatic heterocycles. The summed E-state index contributed by atoms with van der Waals surface area (Å²) in [7, 11) is -7.57. The fourth-order valence-corrected chi connectivity index (χ4v) is 6.31. The van der Waals surface area contributed by atoms with Crippen molar-refractivity contribution in [2.45, 2.75) is 15.3 Å². The molecule has 2 heterocycles. The molecule has 0 aliphatic carbocycles. The van der Waals surface area contributed by atoms with Crippen molar-refractivity contribution in [1.29, 1.82) is 0 Å². The molecule has 25 heavy (non-hydrogen) atoms. The molecule has 3 aromatic rings. The van der Waals surface area contributed by atoms with Gasteiger partial charge in [-0.1, -0.05) is 24.3 Å². The molecule has 1 aromatic carbocycles. The van der Waals surface area contributed by atoms with E-state index in [4.69, 9.17) is 0 Å². The zero-order valence-electron chi connectivity index (χ0n) is 13.0. The summed E-state index contributed by atoms with van der Waals surface area (Å²) in [4.78, 5) is 0. The summed E-state index contributed by atoms with van der Waals surface area (Å²) < 4.78 is 55.1. The van der Waals surface area contributed by atoms with Gasteiger partial charge in [-0.2, -0.15) is 0 Å². The number of aryl methyl sites for hydroxylation is 1. The second-order valence-electron chi connectivity index (χ2n) is 5.07. The van der Waals surface area contributed by atoms with E-state index in [-0.39, 0.29) is 19.8 Å². The van der Waals surface area contributed by atoms with Gasteiger partial charge >= 0.3 is 0 Å². The third kappa shape index (κ3) is 3.87. The number of sulfonamides is 2. The summed E-state index contributed by atoms with van der Waals surface area (Å²) in [5, 5.41) is 3.32. The quantitative estimate of drug-likeness (QED) is 0.643. The van der Waals surface area contributed by atoms with Crippen LogP contribution >= 0.6 is 22.7 Å². The lowest BCUT2D eigenvalue weighted by atomic mass is 10.2. The number of hydrogen-bond donors (Lipinski definition) is 2. The van der Waals surface area contributed by atoms with E-state index in [1.165, 1.54) is 18.2 Å². The van der Waals surface area contributed by atoms with Crippen LogP contribution in [0.4, 0.5) is 11.4 Å². The van der Waals surface area contributed by atoms with E-state index in [1.807, 2.05) is 0 Å². The van der Waals surface area contributed by atoms with E-state index >= 15 is 0 Å². The Morgan fingerprint density at radius 1 is 0.760 bits per heavy atom. The maximum Gasteiger partial charge on any atom is 0.271 e. The highest BCUT2D eigenvalue weighted by atomic mass is 32.3. The molecule has 10 heteroatoms. The van der Waals surface area contributed by atoms with Crippen LogP contribution in [-0.4, -0.2) is 16.8 Å². The van der Waals surface area contributed by atoms with Crippen molar-refractivity contribution in [3.8, 4) is 0 Å². The second-order valence-corrected chi connectivity index (χ2v) is 10.8. The summed E-state index contributed by atoms with van der Waals surface area (Å²) in [6.45, 7) is 1.70. The first-order valence-corrected chi connectivity index (χ1v) is 11.7. The minimum atomic E-state index is -3.79. The fraction of sp³-hybridized carbons (Fsp3) is 0.0667. The van der Waals surface area contributed by atoms with Gasteiger partial charge in [0.05, 0.1) is 11.4 Å². The molecule has 0 saturated heterocycles. The average molecular weight is 415 g/mol. The Morgan fingerprint density at radius 3 is 1.84 bits per heavy atom. The average Bonchev–Trinajstić information content (AvgIpc) is 3.23. The number of nitrogens with one attached hydrogen (secondary N) is 2. The number of hydrogen-bond acceptors (Lipinski definition) is 6. The lowest BCUT2D eigenvalue weighted by molar-refractivity contribution is 0.601. The van der Waals surface area contributed by atoms with Gasteiger partial charge in [0.1, 0.15) is 8.42 Å². The Labute approximate surface area is 154 Å². The molecule has 0 bridgehead atoms. The smallest absolute Gasteiger partial charge is 0.271 e. The van der Waals surface area contributed by atoms with Crippen LogP contribution < -0.4 is 9.44 Å². The Bertz CT molecular complexity index is 1070. The van der Waals surface area contributed by atoms with Crippen molar-refractivity contribution in [3.63, 3.8) is 0 Å². The zero-order chi connectivity index (χ0) is 18.1. The summed E-state index contributed by atoms with van der Waals surface area (Å²) >= 11 is 2.17. The minimum absolute atomic E-state index is 0.154. The number of benzene rings is 1. The molecule has 0 unspecified atom stereocenters. The Balaban J connectivity index is 1.99. The highest BCUT2D eigenvalue weighted by Gasteiger charge is 2.22. The molecule has 0 saturated carbocycles. The molecular weight excluding hydrogens is 400 g/mol. The van der Waals surface area contributed by atoms with Crippen LogP contribution in [0.15, 0.2) is 61.6 Å². The van der Waals surface area contributed by atoms with Gasteiger partial charge in [0.25, 0.3) is 20.0 Å². The van der Waals surface area contributed by atoms with Gasteiger partial charge in [0.2, 0.25) is 0 Å². The number of rotatable bonds is 6. The Kier molecular flexibility index (Phi) is 4.87. The number of thiophene rings is 2. The summed E-state index contributed by atoms with van der Waals surface area (Å²) in [6, 6.07) is 11.1. The Hall–Kier alpha value is -1.88. The van der Waals surface area contributed by atoms with Crippen LogP contribution in [0.3, 0.4) is 0 Å². The van der Waals surface area contributed by atoms with Gasteiger partial charge < -0.3 is 0 Å². The largest absolute Gasteiger partial charge is 0.277 e. The van der Waals surface area contributed by atoms with Gasteiger partial charge in [-0.05, 0) is 41.4 Å². The van der Waals surface area contributed by atoms with Gasteiger partial charge in [-0.3, -0.25) is 9.44 Å². The molecule has 2 N–H and O–H groups in total. The molecule has 0 aliphatic heterocycles. The van der Waals surface area contributed by atoms with E-state index in [9.17, 15) is 16.8 Å². The predicted octanol–water partition coefficient (Wildman–Crippen LogP) is 3.72. The first-order valence-electron chi connectivity index (χ1n) is 7.02. The molecule has 0 amide bonds. The predicted molar refractivity (Wildman–Crippen MR) is 101 cm³/mol. The van der Waals surface area contributed by atoms with Crippen LogP contribution in [0.5, 0.6) is 0 Å². The summed E-state index contributed by atoms with van der Waals surface area (Å²) in [5.41, 5.74) is 0.982. The fourth-order valence-electron chi connectivity index (χ4n) is 2.10. The van der Waals surface area contributed by atoms with Gasteiger partial charge in [0, 0.05) is 0 Å². The van der Waals surface area contributed by atoms with E-state index in [1.54, 1.807) is 41.9 Å². The molecule has 0 atom stereocenters. The van der Waals surface area contributed by atoms with Gasteiger partial charge in [-0.25, -0.2) is 16.8 Å². The molecule has 0 spiro atoms. The normalized spacial score (nSPS) is 12.0. The maximum atomic E-state index is 12.5. The molecule has 0 aliphatic rings. The van der Waals surface area contributed by atoms with Crippen molar-refractivity contribution < 1.29 is 16.8 Å². The summed E-state index contributed by atoms with van der Waals surface area (Å²) in [6.07, 6.45) is 0. The molecular formula is C15H14N2O4S4. The third-order valence-corrected chi connectivity index (χ3v) is 8.78. The number of anilines is 2. The van der Waals surface area contributed by atoms with Gasteiger partial charge in [0.15, 0.2) is 0 Å². The zero-order valence-corrected chi connectivity index (χ0v) is 16.2. The first kappa shape index (κ1) is 17.9. The van der Waals surface area contributed by atoms with Crippen molar-refractivity contribution in [3.05, 3.63) is 58.8 Å². The van der Waals surface area contributed by atoms with Crippen LogP contribution in [-0.2, 0) is 20.0 Å². The van der Waals surface area contributed by atoms with Crippen LogP contribution in [0.25, 0.3) is 0 Å². The van der Waals surface area contributed by atoms with Crippen molar-refractivity contribution in [2.24, 2.45) is 0 Å².